The van der Waals surface area contributed by atoms with E-state index >= 15 is 0 Å². The number of rotatable bonds is 8. The van der Waals surface area contributed by atoms with Crippen molar-refractivity contribution >= 4 is 195 Å². The third kappa shape index (κ3) is 10.9. The smallest absolute Gasteiger partial charge is 0.161 e. The number of hydrogen-bond acceptors (Lipinski definition) is 4. The molecule has 0 saturated carbocycles. The minimum absolute atomic E-state index is 0.704. The van der Waals surface area contributed by atoms with Crippen LogP contribution in [-0.2, 0) is 0 Å². The fourth-order valence-corrected chi connectivity index (χ4v) is 21.3. The van der Waals surface area contributed by atoms with Gasteiger partial charge in [0.05, 0.1) is 77.9 Å². The van der Waals surface area contributed by atoms with Crippen LogP contribution in [0, 0.1) is 0 Å². The highest BCUT2D eigenvalue weighted by atomic mass is 15.0. The van der Waals surface area contributed by atoms with Crippen LogP contribution in [0.15, 0.2) is 437 Å². The van der Waals surface area contributed by atoms with Crippen molar-refractivity contribution in [3.05, 3.63) is 437 Å². The maximum Gasteiger partial charge on any atom is 0.161 e. The SMILES string of the molecule is c1cc(-c2nc(-c3ccc4c5ccccc5c5ccccc5c4c3)nc3ccccc23)cc(-n2c3cc4ccccc4cc3c3c(-n4c5ccccc5c5c6ccccc6ccc54)cccc32)c1.c1cc(-c2nc(-c3cccc4ccccc34)nc3ccccc23)cc(-n2c3cc4ccccc4cc3c3c(-n4c5ccccc5c5c6ccccc6ccc54)cccc32)c1. The Kier molecular flexibility index (Phi) is 15.7. The first-order valence-electron chi connectivity index (χ1n) is 43.8. The Bertz CT molecular complexity index is 9600. The summed E-state index contributed by atoms with van der Waals surface area (Å²) in [7, 11) is 0. The molecule has 0 amide bonds. The molecule has 0 bridgehead atoms. The second-order valence-corrected chi connectivity index (χ2v) is 33.8. The zero-order valence-corrected chi connectivity index (χ0v) is 69.1. The van der Waals surface area contributed by atoms with Gasteiger partial charge in [-0.3, -0.25) is 0 Å². The molecule has 592 valence electrons. The van der Waals surface area contributed by atoms with Crippen LogP contribution in [0.5, 0.6) is 0 Å². The van der Waals surface area contributed by atoms with Gasteiger partial charge in [0.25, 0.3) is 0 Å². The van der Waals surface area contributed by atoms with E-state index in [0.717, 1.165) is 111 Å². The standard InChI is InChI=1S/C64H38N4.C56H34N4/c1-2-17-41-38-60-54(36-40(41)16-1)62-57(29-14-30-58(62)68-56-28-12-10-26-52(56)61-45-20-4-3-15-39(45)32-34-59(61)68)67(60)44-19-13-18-42(35-44)63-51-25-9-11-27-55(51)65-64(66-63)43-31-33-50-48-23-6-5-21-46(48)47-22-7-8-24-49(47)53(50)37-43;1-2-17-38-34-52-46(33-37(38)16-1)54-49(28-13-29-50(54)60-48-27-10-8-24-45(48)53-42-22-6-4-15-36(42)30-31-51(53)60)59(52)40-20-11-19-39(32-40)55-44-23-7-9-26-47(44)57-56(58-55)43-25-12-18-35-14-3-5-21-41(35)43/h1-38H;1-34H. The number of benzene rings is 22. The Morgan fingerprint density at radius 2 is 0.508 bits per heavy atom. The molecule has 128 heavy (non-hydrogen) atoms. The second kappa shape index (κ2) is 28.2. The first-order chi connectivity index (χ1) is 63.5. The van der Waals surface area contributed by atoms with E-state index in [2.05, 4.69) is 455 Å². The molecule has 0 fully saturated rings. The van der Waals surface area contributed by atoms with Crippen molar-refractivity contribution in [3.63, 3.8) is 0 Å². The van der Waals surface area contributed by atoms with Crippen molar-refractivity contribution in [1.29, 1.82) is 0 Å². The Hall–Kier alpha value is -17.2. The molecule has 28 rings (SSSR count). The molecule has 0 atom stereocenters. The van der Waals surface area contributed by atoms with E-state index < -0.39 is 0 Å². The monoisotopic (exact) mass is 1620 g/mol. The van der Waals surface area contributed by atoms with E-state index in [-0.39, 0.29) is 0 Å². The van der Waals surface area contributed by atoms with E-state index in [1.807, 2.05) is 0 Å². The maximum absolute atomic E-state index is 5.48. The summed E-state index contributed by atoms with van der Waals surface area (Å²) in [6, 6.07) is 158. The molecular weight excluding hydrogens is 1550 g/mol. The van der Waals surface area contributed by atoms with Crippen LogP contribution in [0.4, 0.5) is 0 Å². The summed E-state index contributed by atoms with van der Waals surface area (Å²) < 4.78 is 9.87. The lowest BCUT2D eigenvalue weighted by molar-refractivity contribution is 1.17. The summed E-state index contributed by atoms with van der Waals surface area (Å²) in [5, 5.41) is 31.5. The van der Waals surface area contributed by atoms with Crippen molar-refractivity contribution in [2.24, 2.45) is 0 Å². The number of para-hydroxylation sites is 4. The van der Waals surface area contributed by atoms with Crippen LogP contribution in [0.1, 0.15) is 0 Å². The van der Waals surface area contributed by atoms with Crippen LogP contribution in [0.2, 0.25) is 0 Å². The van der Waals surface area contributed by atoms with E-state index in [1.165, 1.54) is 146 Å². The van der Waals surface area contributed by atoms with Crippen molar-refractivity contribution in [2.45, 2.75) is 0 Å². The highest BCUT2D eigenvalue weighted by Crippen LogP contribution is 2.48. The lowest BCUT2D eigenvalue weighted by Crippen LogP contribution is -1.98. The molecule has 0 aliphatic carbocycles. The van der Waals surface area contributed by atoms with Crippen molar-refractivity contribution in [2.75, 3.05) is 0 Å². The topological polar surface area (TPSA) is 71.3 Å². The molecule has 0 aliphatic heterocycles. The quantitative estimate of drug-likeness (QED) is 0.142. The average Bonchev–Trinajstić information content (AvgIpc) is 1.53. The van der Waals surface area contributed by atoms with Crippen LogP contribution < -0.4 is 0 Å². The number of aromatic nitrogens is 8. The van der Waals surface area contributed by atoms with Crippen LogP contribution in [0.3, 0.4) is 0 Å². The molecule has 22 aromatic carbocycles. The van der Waals surface area contributed by atoms with Gasteiger partial charge in [-0.05, 0) is 201 Å². The summed E-state index contributed by atoms with van der Waals surface area (Å²) in [4.78, 5) is 21.2. The van der Waals surface area contributed by atoms with Gasteiger partial charge in [-0.2, -0.15) is 0 Å². The molecule has 0 N–H and O–H groups in total. The molecule has 28 aromatic rings. The molecule has 6 heterocycles. The summed E-state index contributed by atoms with van der Waals surface area (Å²) in [5.74, 6) is 1.42. The first-order valence-corrected chi connectivity index (χ1v) is 43.8. The lowest BCUT2D eigenvalue weighted by Gasteiger charge is -2.14. The third-order valence-electron chi connectivity index (χ3n) is 26.9. The van der Waals surface area contributed by atoms with Crippen LogP contribution in [0.25, 0.3) is 263 Å². The molecule has 0 aliphatic rings. The van der Waals surface area contributed by atoms with Gasteiger partial charge in [-0.1, -0.05) is 322 Å². The van der Waals surface area contributed by atoms with Gasteiger partial charge in [-0.15, -0.1) is 0 Å². The largest absolute Gasteiger partial charge is 0.309 e. The molecule has 0 radical (unpaired) electrons. The van der Waals surface area contributed by atoms with Gasteiger partial charge in [0.15, 0.2) is 11.6 Å². The number of hydrogen-bond donors (Lipinski definition) is 0. The molecule has 8 nitrogen and oxygen atoms in total. The Balaban J connectivity index is 0.000000133. The summed E-state index contributed by atoms with van der Waals surface area (Å²) >= 11 is 0. The molecule has 0 spiro atoms. The molecule has 0 saturated heterocycles. The zero-order valence-electron chi connectivity index (χ0n) is 69.1. The van der Waals surface area contributed by atoms with Crippen LogP contribution in [-0.4, -0.2) is 38.2 Å². The second-order valence-electron chi connectivity index (χ2n) is 33.8. The molecule has 6 aromatic heterocycles. The normalized spacial score (nSPS) is 12.1. The Labute approximate surface area is 733 Å². The van der Waals surface area contributed by atoms with Gasteiger partial charge in [0.1, 0.15) is 0 Å². The van der Waals surface area contributed by atoms with E-state index in [4.69, 9.17) is 19.9 Å². The lowest BCUT2D eigenvalue weighted by atomic mass is 9.93. The summed E-state index contributed by atoms with van der Waals surface area (Å²) in [5.41, 5.74) is 21.5. The predicted octanol–water partition coefficient (Wildman–Crippen LogP) is 31.5. The van der Waals surface area contributed by atoms with E-state index in [1.54, 1.807) is 0 Å². The fourth-order valence-electron chi connectivity index (χ4n) is 21.3. The molecule has 0 unspecified atom stereocenters. The highest BCUT2D eigenvalue weighted by molar-refractivity contribution is 6.28. The third-order valence-corrected chi connectivity index (χ3v) is 26.9. The summed E-state index contributed by atoms with van der Waals surface area (Å²) in [6.45, 7) is 0. The van der Waals surface area contributed by atoms with Crippen molar-refractivity contribution in [1.82, 2.24) is 38.2 Å². The van der Waals surface area contributed by atoms with E-state index in [9.17, 15) is 0 Å². The fraction of sp³-hybridized carbons (Fsp3) is 0. The van der Waals surface area contributed by atoms with Gasteiger partial charge in [0.2, 0.25) is 0 Å². The molecule has 8 heteroatoms. The van der Waals surface area contributed by atoms with Crippen molar-refractivity contribution < 1.29 is 0 Å². The van der Waals surface area contributed by atoms with Gasteiger partial charge < -0.3 is 18.3 Å². The first kappa shape index (κ1) is 71.4. The van der Waals surface area contributed by atoms with Crippen molar-refractivity contribution in [3.8, 4) is 68.0 Å². The number of fused-ring (bicyclic) bond motifs is 27. The predicted molar refractivity (Wildman–Crippen MR) is 538 cm³/mol. The minimum Gasteiger partial charge on any atom is -0.309 e. The summed E-state index contributed by atoms with van der Waals surface area (Å²) in [6.07, 6.45) is 0. The maximum atomic E-state index is 5.48. The highest BCUT2D eigenvalue weighted by Gasteiger charge is 2.27. The minimum atomic E-state index is 0.704. The zero-order chi connectivity index (χ0) is 83.8. The van der Waals surface area contributed by atoms with Gasteiger partial charge >= 0.3 is 0 Å². The Morgan fingerprint density at radius 3 is 1.01 bits per heavy atom. The van der Waals surface area contributed by atoms with Crippen LogP contribution >= 0.6 is 0 Å². The van der Waals surface area contributed by atoms with Gasteiger partial charge in [0, 0.05) is 87.5 Å². The average molecular weight is 1630 g/mol. The van der Waals surface area contributed by atoms with Gasteiger partial charge in [-0.25, -0.2) is 19.9 Å². The molecular formula is C120H72N8. The Morgan fingerprint density at radius 1 is 0.156 bits per heavy atom. The van der Waals surface area contributed by atoms with E-state index in [0.29, 0.717) is 5.82 Å². The number of nitrogens with zero attached hydrogens (tertiary/aromatic N) is 8.